The predicted molar refractivity (Wildman–Crippen MR) is 97.7 cm³/mol. The maximum atomic E-state index is 13.0. The minimum atomic E-state index is -0.327. The summed E-state index contributed by atoms with van der Waals surface area (Å²) in [6.45, 7) is 4.51. The summed E-state index contributed by atoms with van der Waals surface area (Å²) in [6.07, 6.45) is 3.92. The highest BCUT2D eigenvalue weighted by atomic mass is 79.9. The quantitative estimate of drug-likeness (QED) is 0.664. The highest BCUT2D eigenvalue weighted by Gasteiger charge is 2.16. The second kappa shape index (κ2) is 7.77. The Morgan fingerprint density at radius 2 is 2.04 bits per heavy atom. The van der Waals surface area contributed by atoms with Crippen molar-refractivity contribution in [1.29, 1.82) is 0 Å². The molecule has 0 radical (unpaired) electrons. The molecular formula is C17H18BrFN6O. The molecule has 0 aliphatic rings. The fourth-order valence-corrected chi connectivity index (χ4v) is 2.93. The number of nitrogens with one attached hydrogen (secondary N) is 1. The van der Waals surface area contributed by atoms with Gasteiger partial charge in [-0.05, 0) is 54.0 Å². The SMILES string of the molecule is CC(C)n1cnnc1CCNC(=O)c1nn(-c2ccc(F)cc2)cc1Br. The Morgan fingerprint density at radius 1 is 1.31 bits per heavy atom. The molecule has 0 aliphatic carbocycles. The molecule has 136 valence electrons. The molecule has 7 nitrogen and oxygen atoms in total. The summed E-state index contributed by atoms with van der Waals surface area (Å²) in [4.78, 5) is 12.4. The molecule has 1 amide bonds. The molecule has 3 aromatic rings. The molecule has 0 fully saturated rings. The third-order valence-electron chi connectivity index (χ3n) is 3.81. The first-order valence-corrected chi connectivity index (χ1v) is 8.92. The van der Waals surface area contributed by atoms with Gasteiger partial charge in [0.15, 0.2) is 5.69 Å². The van der Waals surface area contributed by atoms with Gasteiger partial charge in [0.2, 0.25) is 0 Å². The van der Waals surface area contributed by atoms with Gasteiger partial charge in [-0.15, -0.1) is 10.2 Å². The van der Waals surface area contributed by atoms with Crippen LogP contribution in [0.2, 0.25) is 0 Å². The average Bonchev–Trinajstić information content (AvgIpc) is 3.22. The molecule has 2 heterocycles. The van der Waals surface area contributed by atoms with Gasteiger partial charge in [-0.25, -0.2) is 9.07 Å². The minimum Gasteiger partial charge on any atom is -0.350 e. The number of carbonyl (C=O) groups is 1. The molecule has 1 aromatic carbocycles. The first-order valence-electron chi connectivity index (χ1n) is 8.13. The van der Waals surface area contributed by atoms with E-state index in [0.717, 1.165) is 5.82 Å². The number of rotatable bonds is 6. The summed E-state index contributed by atoms with van der Waals surface area (Å²) < 4.78 is 17.1. The van der Waals surface area contributed by atoms with Crippen molar-refractivity contribution in [3.8, 4) is 5.69 Å². The molecule has 0 spiro atoms. The maximum absolute atomic E-state index is 13.0. The predicted octanol–water partition coefficient (Wildman–Crippen LogP) is 2.92. The topological polar surface area (TPSA) is 77.6 Å². The van der Waals surface area contributed by atoms with Gasteiger partial charge in [-0.3, -0.25) is 4.79 Å². The van der Waals surface area contributed by atoms with Crippen molar-refractivity contribution >= 4 is 21.8 Å². The van der Waals surface area contributed by atoms with Crippen LogP contribution in [0.1, 0.15) is 36.2 Å². The summed E-state index contributed by atoms with van der Waals surface area (Å²) in [6, 6.07) is 6.13. The van der Waals surface area contributed by atoms with Crippen molar-refractivity contribution in [2.75, 3.05) is 6.54 Å². The Balaban J connectivity index is 1.65. The van der Waals surface area contributed by atoms with Crippen LogP contribution in [0.3, 0.4) is 0 Å². The van der Waals surface area contributed by atoms with E-state index in [-0.39, 0.29) is 23.5 Å². The summed E-state index contributed by atoms with van der Waals surface area (Å²) in [7, 11) is 0. The smallest absolute Gasteiger partial charge is 0.272 e. The second-order valence-corrected chi connectivity index (χ2v) is 6.86. The Labute approximate surface area is 158 Å². The van der Waals surface area contributed by atoms with Crippen LogP contribution in [0, 0.1) is 5.82 Å². The van der Waals surface area contributed by atoms with Crippen LogP contribution in [0.25, 0.3) is 5.69 Å². The second-order valence-electron chi connectivity index (χ2n) is 6.00. The summed E-state index contributed by atoms with van der Waals surface area (Å²) in [5.74, 6) is 0.191. The van der Waals surface area contributed by atoms with Crippen LogP contribution in [0.5, 0.6) is 0 Å². The van der Waals surface area contributed by atoms with Crippen LogP contribution in [-0.2, 0) is 6.42 Å². The average molecular weight is 421 g/mol. The first-order chi connectivity index (χ1) is 12.5. The van der Waals surface area contributed by atoms with E-state index in [0.29, 0.717) is 23.1 Å². The van der Waals surface area contributed by atoms with E-state index >= 15 is 0 Å². The van der Waals surface area contributed by atoms with Crippen molar-refractivity contribution in [1.82, 2.24) is 29.9 Å². The number of hydrogen-bond donors (Lipinski definition) is 1. The van der Waals surface area contributed by atoms with Crippen LogP contribution in [-0.4, -0.2) is 37.0 Å². The Kier molecular flexibility index (Phi) is 5.46. The summed E-state index contributed by atoms with van der Waals surface area (Å²) in [5, 5.41) is 15.1. The molecule has 0 saturated heterocycles. The van der Waals surface area contributed by atoms with Crippen LogP contribution in [0.15, 0.2) is 41.3 Å². The minimum absolute atomic E-state index is 0.260. The lowest BCUT2D eigenvalue weighted by Gasteiger charge is -2.10. The number of aromatic nitrogens is 5. The van der Waals surface area contributed by atoms with E-state index in [1.807, 2.05) is 18.4 Å². The molecule has 0 atom stereocenters. The number of hydrogen-bond acceptors (Lipinski definition) is 4. The number of halogens is 2. The molecule has 0 aliphatic heterocycles. The van der Waals surface area contributed by atoms with Gasteiger partial charge in [0.1, 0.15) is 18.0 Å². The van der Waals surface area contributed by atoms with Crippen molar-refractivity contribution in [2.45, 2.75) is 26.3 Å². The zero-order valence-electron chi connectivity index (χ0n) is 14.4. The van der Waals surface area contributed by atoms with E-state index in [9.17, 15) is 9.18 Å². The molecule has 0 saturated carbocycles. The lowest BCUT2D eigenvalue weighted by Crippen LogP contribution is -2.27. The normalized spacial score (nSPS) is 11.1. The maximum Gasteiger partial charge on any atom is 0.272 e. The van der Waals surface area contributed by atoms with Gasteiger partial charge in [0.05, 0.1) is 10.2 Å². The van der Waals surface area contributed by atoms with Gasteiger partial charge < -0.3 is 9.88 Å². The largest absolute Gasteiger partial charge is 0.350 e. The fraction of sp³-hybridized carbons (Fsp3) is 0.294. The van der Waals surface area contributed by atoms with Gasteiger partial charge in [-0.2, -0.15) is 5.10 Å². The molecule has 26 heavy (non-hydrogen) atoms. The highest BCUT2D eigenvalue weighted by Crippen LogP contribution is 2.18. The molecule has 2 aromatic heterocycles. The third-order valence-corrected chi connectivity index (χ3v) is 4.39. The number of nitrogens with zero attached hydrogens (tertiary/aromatic N) is 5. The van der Waals surface area contributed by atoms with Crippen LogP contribution < -0.4 is 5.32 Å². The van der Waals surface area contributed by atoms with Crippen molar-refractivity contribution in [3.05, 3.63) is 58.6 Å². The Bertz CT molecular complexity index is 902. The first kappa shape index (κ1) is 18.2. The molecular weight excluding hydrogens is 403 g/mol. The van der Waals surface area contributed by atoms with Gasteiger partial charge >= 0.3 is 0 Å². The summed E-state index contributed by atoms with van der Waals surface area (Å²) in [5.41, 5.74) is 0.927. The van der Waals surface area contributed by atoms with E-state index < -0.39 is 0 Å². The van der Waals surface area contributed by atoms with Crippen LogP contribution >= 0.6 is 15.9 Å². The van der Waals surface area contributed by atoms with E-state index in [1.165, 1.54) is 16.8 Å². The number of carbonyl (C=O) groups excluding carboxylic acids is 1. The standard InChI is InChI=1S/C17H18BrFN6O/c1-11(2)24-10-21-22-15(24)7-8-20-17(26)16-14(18)9-25(23-16)13-5-3-12(19)4-6-13/h3-6,9-11H,7-8H2,1-2H3,(H,20,26). The number of benzene rings is 1. The van der Waals surface area contributed by atoms with Gasteiger partial charge in [0, 0.05) is 25.2 Å². The Morgan fingerprint density at radius 3 is 2.73 bits per heavy atom. The van der Waals surface area contributed by atoms with Gasteiger partial charge in [0.25, 0.3) is 5.91 Å². The summed E-state index contributed by atoms with van der Waals surface area (Å²) >= 11 is 3.35. The fourth-order valence-electron chi connectivity index (χ4n) is 2.48. The zero-order valence-corrected chi connectivity index (χ0v) is 15.9. The Hall–Kier alpha value is -2.55. The lowest BCUT2D eigenvalue weighted by atomic mass is 10.3. The monoisotopic (exact) mass is 420 g/mol. The lowest BCUT2D eigenvalue weighted by molar-refractivity contribution is 0.0947. The molecule has 9 heteroatoms. The molecule has 3 rings (SSSR count). The van der Waals surface area contributed by atoms with E-state index in [1.54, 1.807) is 24.7 Å². The number of amides is 1. The zero-order chi connectivity index (χ0) is 18.7. The molecule has 0 bridgehead atoms. The van der Waals surface area contributed by atoms with Crippen LogP contribution in [0.4, 0.5) is 4.39 Å². The molecule has 0 unspecified atom stereocenters. The van der Waals surface area contributed by atoms with E-state index in [2.05, 4.69) is 36.5 Å². The van der Waals surface area contributed by atoms with Crippen molar-refractivity contribution in [2.24, 2.45) is 0 Å². The molecule has 1 N–H and O–H groups in total. The van der Waals surface area contributed by atoms with Gasteiger partial charge in [-0.1, -0.05) is 0 Å². The highest BCUT2D eigenvalue weighted by molar-refractivity contribution is 9.10. The van der Waals surface area contributed by atoms with Crippen molar-refractivity contribution < 1.29 is 9.18 Å². The van der Waals surface area contributed by atoms with Crippen molar-refractivity contribution in [3.63, 3.8) is 0 Å². The van der Waals surface area contributed by atoms with E-state index in [4.69, 9.17) is 0 Å². The third kappa shape index (κ3) is 3.98.